The van der Waals surface area contributed by atoms with Crippen molar-refractivity contribution >= 4 is 0 Å². The van der Waals surface area contributed by atoms with Gasteiger partial charge in [0, 0.05) is 18.3 Å². The van der Waals surface area contributed by atoms with Gasteiger partial charge in [0.15, 0.2) is 5.79 Å². The highest BCUT2D eigenvalue weighted by molar-refractivity contribution is 5.51. The molecule has 1 aromatic carbocycles. The maximum atomic E-state index is 10.2. The zero-order chi connectivity index (χ0) is 15.2. The smallest absolute Gasteiger partial charge is 0.172 e. The summed E-state index contributed by atoms with van der Waals surface area (Å²) >= 11 is 0. The second kappa shape index (κ2) is 5.08. The molecule has 1 N–H and O–H groups in total. The van der Waals surface area contributed by atoms with Crippen LogP contribution in [0.4, 0.5) is 0 Å². The Morgan fingerprint density at radius 1 is 1.23 bits per heavy atom. The number of fused-ring (bicyclic) bond motifs is 3. The molecule has 118 valence electrons. The van der Waals surface area contributed by atoms with Gasteiger partial charge in [0.2, 0.25) is 0 Å². The van der Waals surface area contributed by atoms with Crippen LogP contribution in [-0.4, -0.2) is 37.8 Å². The van der Waals surface area contributed by atoms with Gasteiger partial charge in [-0.3, -0.25) is 0 Å². The lowest BCUT2D eigenvalue weighted by molar-refractivity contribution is -0.174. The van der Waals surface area contributed by atoms with Gasteiger partial charge in [-0.25, -0.2) is 0 Å². The Morgan fingerprint density at radius 3 is 2.77 bits per heavy atom. The Hall–Kier alpha value is -1.36. The van der Waals surface area contributed by atoms with Crippen LogP contribution in [0.1, 0.15) is 30.4 Å². The average molecular weight is 302 g/mol. The van der Waals surface area contributed by atoms with Gasteiger partial charge >= 0.3 is 0 Å². The number of aliphatic hydroxyl groups is 1. The van der Waals surface area contributed by atoms with Gasteiger partial charge in [0.25, 0.3) is 0 Å². The Morgan fingerprint density at radius 2 is 2.05 bits per heavy atom. The van der Waals surface area contributed by atoms with E-state index in [1.54, 1.807) is 7.11 Å². The quantitative estimate of drug-likeness (QED) is 0.852. The Bertz CT molecular complexity index is 616. The Balaban J connectivity index is 1.74. The number of methoxy groups -OCH3 is 1. The van der Waals surface area contributed by atoms with E-state index in [1.807, 2.05) is 6.07 Å². The lowest BCUT2D eigenvalue weighted by Crippen LogP contribution is -2.47. The standard InChI is InChI=1S/C18H22O4/c1-20-15-4-5-16-13(10-15)2-3-14-11-18(21-8-9-22-18)7-6-17(14,16)12-19/h3-5,10,19H,2,6-9,11-12H2,1H3. The maximum Gasteiger partial charge on any atom is 0.172 e. The molecular weight excluding hydrogens is 280 g/mol. The molecule has 1 atom stereocenters. The fourth-order valence-electron chi connectivity index (χ4n) is 4.26. The molecule has 4 heteroatoms. The average Bonchev–Trinajstić information content (AvgIpc) is 3.02. The zero-order valence-electron chi connectivity index (χ0n) is 12.9. The van der Waals surface area contributed by atoms with E-state index in [0.717, 1.165) is 31.4 Å². The summed E-state index contributed by atoms with van der Waals surface area (Å²) < 4.78 is 17.1. The summed E-state index contributed by atoms with van der Waals surface area (Å²) in [6, 6.07) is 6.20. The first-order chi connectivity index (χ1) is 10.7. The van der Waals surface area contributed by atoms with Gasteiger partial charge in [-0.2, -0.15) is 0 Å². The van der Waals surface area contributed by atoms with Gasteiger partial charge < -0.3 is 19.3 Å². The normalized spacial score (nSPS) is 28.9. The van der Waals surface area contributed by atoms with E-state index in [4.69, 9.17) is 14.2 Å². The van der Waals surface area contributed by atoms with Crippen LogP contribution < -0.4 is 4.74 Å². The van der Waals surface area contributed by atoms with Crippen molar-refractivity contribution in [2.75, 3.05) is 26.9 Å². The van der Waals surface area contributed by atoms with Crippen LogP contribution in [0.15, 0.2) is 29.8 Å². The number of rotatable bonds is 2. The Labute approximate surface area is 130 Å². The molecule has 4 nitrogen and oxygen atoms in total. The largest absolute Gasteiger partial charge is 0.497 e. The number of hydrogen-bond acceptors (Lipinski definition) is 4. The van der Waals surface area contributed by atoms with Gasteiger partial charge in [0.05, 0.1) is 26.9 Å². The van der Waals surface area contributed by atoms with Crippen molar-refractivity contribution in [2.24, 2.45) is 0 Å². The first kappa shape index (κ1) is 14.2. The fourth-order valence-corrected chi connectivity index (χ4v) is 4.26. The number of aliphatic hydroxyl groups excluding tert-OH is 1. The van der Waals surface area contributed by atoms with Gasteiger partial charge in [-0.05, 0) is 36.1 Å². The summed E-state index contributed by atoms with van der Waals surface area (Å²) in [5.41, 5.74) is 3.48. The lowest BCUT2D eigenvalue weighted by Gasteiger charge is -2.47. The topological polar surface area (TPSA) is 47.9 Å². The predicted octanol–water partition coefficient (Wildman–Crippen LogP) is 2.33. The van der Waals surface area contributed by atoms with E-state index in [1.165, 1.54) is 16.7 Å². The van der Waals surface area contributed by atoms with E-state index in [2.05, 4.69) is 18.2 Å². The number of benzene rings is 1. The molecule has 0 radical (unpaired) electrons. The van der Waals surface area contributed by atoms with Crippen molar-refractivity contribution in [2.45, 2.75) is 36.9 Å². The molecule has 1 aromatic rings. The number of ether oxygens (including phenoxy) is 3. The fraction of sp³-hybridized carbons (Fsp3) is 0.556. The summed E-state index contributed by atoms with van der Waals surface area (Å²) in [6.07, 6.45) is 5.58. The van der Waals surface area contributed by atoms with Gasteiger partial charge in [-0.15, -0.1) is 0 Å². The summed E-state index contributed by atoms with van der Waals surface area (Å²) in [5, 5.41) is 10.2. The molecule has 1 saturated carbocycles. The maximum absolute atomic E-state index is 10.2. The van der Waals surface area contributed by atoms with E-state index in [0.29, 0.717) is 13.2 Å². The van der Waals surface area contributed by atoms with Crippen molar-refractivity contribution in [1.82, 2.24) is 0 Å². The second-order valence-corrected chi connectivity index (χ2v) is 6.48. The molecule has 0 aromatic heterocycles. The molecule has 1 saturated heterocycles. The third-order valence-electron chi connectivity index (χ3n) is 5.49. The molecule has 3 aliphatic rings. The summed E-state index contributed by atoms with van der Waals surface area (Å²) in [5.74, 6) is 0.424. The van der Waals surface area contributed by atoms with Crippen LogP contribution in [0, 0.1) is 0 Å². The van der Waals surface area contributed by atoms with Crippen molar-refractivity contribution in [3.63, 3.8) is 0 Å². The number of hydrogen-bond donors (Lipinski definition) is 1. The highest BCUT2D eigenvalue weighted by Gasteiger charge is 2.51. The molecule has 2 fully saturated rings. The monoisotopic (exact) mass is 302 g/mol. The van der Waals surface area contributed by atoms with Crippen LogP contribution in [-0.2, 0) is 21.3 Å². The predicted molar refractivity (Wildman–Crippen MR) is 82.0 cm³/mol. The van der Waals surface area contributed by atoms with Crippen LogP contribution in [0.5, 0.6) is 5.75 Å². The van der Waals surface area contributed by atoms with Crippen LogP contribution in [0.2, 0.25) is 0 Å². The molecule has 1 unspecified atom stereocenters. The lowest BCUT2D eigenvalue weighted by atomic mass is 9.61. The van der Waals surface area contributed by atoms with E-state index < -0.39 is 5.79 Å². The summed E-state index contributed by atoms with van der Waals surface area (Å²) in [4.78, 5) is 0. The van der Waals surface area contributed by atoms with Crippen molar-refractivity contribution < 1.29 is 19.3 Å². The van der Waals surface area contributed by atoms with Crippen LogP contribution in [0.3, 0.4) is 0 Å². The molecule has 2 aliphatic carbocycles. The molecule has 1 spiro atoms. The molecular formula is C18H22O4. The van der Waals surface area contributed by atoms with Crippen LogP contribution >= 0.6 is 0 Å². The van der Waals surface area contributed by atoms with Crippen molar-refractivity contribution in [3.05, 3.63) is 41.0 Å². The highest BCUT2D eigenvalue weighted by atomic mass is 16.7. The van der Waals surface area contributed by atoms with E-state index in [9.17, 15) is 5.11 Å². The minimum atomic E-state index is -0.450. The minimum absolute atomic E-state index is 0.133. The molecule has 1 heterocycles. The van der Waals surface area contributed by atoms with Gasteiger partial charge in [-0.1, -0.05) is 17.7 Å². The van der Waals surface area contributed by atoms with Gasteiger partial charge in [0.1, 0.15) is 5.75 Å². The van der Waals surface area contributed by atoms with Crippen molar-refractivity contribution in [1.29, 1.82) is 0 Å². The minimum Gasteiger partial charge on any atom is -0.497 e. The van der Waals surface area contributed by atoms with Crippen molar-refractivity contribution in [3.8, 4) is 5.75 Å². The highest BCUT2D eigenvalue weighted by Crippen LogP contribution is 2.52. The zero-order valence-corrected chi connectivity index (χ0v) is 12.9. The third-order valence-corrected chi connectivity index (χ3v) is 5.49. The van der Waals surface area contributed by atoms with E-state index in [-0.39, 0.29) is 12.0 Å². The number of allylic oxidation sites excluding steroid dienone is 1. The summed E-state index contributed by atoms with van der Waals surface area (Å²) in [7, 11) is 1.69. The molecule has 0 bridgehead atoms. The molecule has 22 heavy (non-hydrogen) atoms. The molecule has 1 aliphatic heterocycles. The second-order valence-electron chi connectivity index (χ2n) is 6.48. The first-order valence-corrected chi connectivity index (χ1v) is 7.97. The summed E-state index contributed by atoms with van der Waals surface area (Å²) in [6.45, 7) is 1.48. The first-order valence-electron chi connectivity index (χ1n) is 7.97. The third kappa shape index (κ3) is 1.94. The van der Waals surface area contributed by atoms with Crippen LogP contribution in [0.25, 0.3) is 0 Å². The van der Waals surface area contributed by atoms with E-state index >= 15 is 0 Å². The molecule has 4 rings (SSSR count). The SMILES string of the molecule is COc1ccc2c(c1)CC=C1CC3(CCC12CO)OCCO3. The molecule has 0 amide bonds. The Kier molecular flexibility index (Phi) is 3.29.